The third kappa shape index (κ3) is 2.97. The number of aliphatic hydroxyl groups is 1. The molecule has 1 amide bonds. The van der Waals surface area contributed by atoms with E-state index in [1.807, 2.05) is 22.4 Å². The monoisotopic (exact) mass is 343 g/mol. The number of anilines is 1. The van der Waals surface area contributed by atoms with Gasteiger partial charge in [-0.05, 0) is 24.0 Å². The molecule has 2 aliphatic rings. The highest BCUT2D eigenvalue weighted by atomic mass is 32.1. The summed E-state index contributed by atoms with van der Waals surface area (Å²) in [6, 6.07) is 8.43. The van der Waals surface area contributed by atoms with Crippen molar-refractivity contribution in [1.29, 1.82) is 0 Å². The van der Waals surface area contributed by atoms with E-state index in [-0.39, 0.29) is 11.9 Å². The van der Waals surface area contributed by atoms with Crippen molar-refractivity contribution in [3.8, 4) is 0 Å². The maximum absolute atomic E-state index is 11.8. The number of thiazole rings is 1. The topological polar surface area (TPSA) is 65.5 Å². The first-order chi connectivity index (χ1) is 11.6. The van der Waals surface area contributed by atoms with Gasteiger partial charge in [0.05, 0.1) is 17.8 Å². The van der Waals surface area contributed by atoms with Crippen molar-refractivity contribution in [3.63, 3.8) is 0 Å². The Balaban J connectivity index is 1.44. The molecular formula is C18H21N3O2S. The van der Waals surface area contributed by atoms with Crippen LogP contribution in [-0.4, -0.2) is 28.1 Å². The fourth-order valence-corrected chi connectivity index (χ4v) is 4.34. The molecule has 2 aromatic rings. The summed E-state index contributed by atoms with van der Waals surface area (Å²) < 4.78 is 0. The Morgan fingerprint density at radius 3 is 2.96 bits per heavy atom. The Bertz CT molecular complexity index is 756. The summed E-state index contributed by atoms with van der Waals surface area (Å²) in [7, 11) is 0. The van der Waals surface area contributed by atoms with Gasteiger partial charge in [-0.1, -0.05) is 24.3 Å². The predicted molar refractivity (Wildman–Crippen MR) is 94.0 cm³/mol. The molecule has 6 heteroatoms. The van der Waals surface area contributed by atoms with Crippen LogP contribution in [0.2, 0.25) is 0 Å². The van der Waals surface area contributed by atoms with Crippen LogP contribution in [-0.2, 0) is 17.8 Å². The molecule has 0 aliphatic heterocycles. The molecule has 0 saturated heterocycles. The zero-order chi connectivity index (χ0) is 16.7. The summed E-state index contributed by atoms with van der Waals surface area (Å²) in [5.74, 6) is 0.0616. The van der Waals surface area contributed by atoms with Crippen LogP contribution in [0.4, 0.5) is 5.13 Å². The first-order valence-electron chi connectivity index (χ1n) is 8.37. The normalized spacial score (nSPS) is 22.4. The number of fused-ring (bicyclic) bond motifs is 1. The van der Waals surface area contributed by atoms with Gasteiger partial charge in [0.2, 0.25) is 5.91 Å². The second-order valence-corrected chi connectivity index (χ2v) is 7.41. The van der Waals surface area contributed by atoms with Crippen molar-refractivity contribution < 1.29 is 9.90 Å². The number of hydrogen-bond acceptors (Lipinski definition) is 5. The molecule has 4 rings (SSSR count). The van der Waals surface area contributed by atoms with Crippen LogP contribution >= 0.6 is 11.3 Å². The summed E-state index contributed by atoms with van der Waals surface area (Å²) in [5, 5.41) is 16.5. The molecule has 0 spiro atoms. The van der Waals surface area contributed by atoms with E-state index >= 15 is 0 Å². The average molecular weight is 343 g/mol. The lowest BCUT2D eigenvalue weighted by Gasteiger charge is -2.18. The largest absolute Gasteiger partial charge is 0.391 e. The fraction of sp³-hybridized carbons (Fsp3) is 0.444. The number of hydrogen-bond donors (Lipinski definition) is 2. The number of aromatic nitrogens is 1. The molecule has 0 radical (unpaired) electrons. The van der Waals surface area contributed by atoms with Gasteiger partial charge in [0.1, 0.15) is 0 Å². The number of nitrogens with zero attached hydrogens (tertiary/aromatic N) is 2. The second-order valence-electron chi connectivity index (χ2n) is 6.57. The van der Waals surface area contributed by atoms with Crippen molar-refractivity contribution in [3.05, 3.63) is 46.5 Å². The minimum atomic E-state index is -0.402. The van der Waals surface area contributed by atoms with E-state index in [1.54, 1.807) is 6.92 Å². The minimum absolute atomic E-state index is 0.0568. The van der Waals surface area contributed by atoms with Gasteiger partial charge in [0.15, 0.2) is 5.13 Å². The Labute approximate surface area is 145 Å². The molecule has 2 N–H and O–H groups in total. The second kappa shape index (κ2) is 6.27. The highest BCUT2D eigenvalue weighted by Gasteiger charge is 2.34. The summed E-state index contributed by atoms with van der Waals surface area (Å²) in [4.78, 5) is 18.3. The van der Waals surface area contributed by atoms with Gasteiger partial charge in [0.25, 0.3) is 0 Å². The zero-order valence-corrected chi connectivity index (χ0v) is 14.4. The summed E-state index contributed by atoms with van der Waals surface area (Å²) >= 11 is 1.51. The molecule has 2 aliphatic carbocycles. The molecular weight excluding hydrogens is 322 g/mol. The van der Waals surface area contributed by atoms with Crippen LogP contribution in [0.1, 0.15) is 42.6 Å². The van der Waals surface area contributed by atoms with Gasteiger partial charge in [-0.25, -0.2) is 4.98 Å². The first kappa shape index (κ1) is 15.7. The lowest BCUT2D eigenvalue weighted by Crippen LogP contribution is -2.31. The smallest absolute Gasteiger partial charge is 0.225 e. The molecule has 0 bridgehead atoms. The number of carbonyl (C=O) groups excluding carboxylic acids is 1. The van der Waals surface area contributed by atoms with E-state index in [2.05, 4.69) is 22.4 Å². The van der Waals surface area contributed by atoms with Crippen LogP contribution in [0.15, 0.2) is 29.6 Å². The zero-order valence-electron chi connectivity index (χ0n) is 13.6. The standard InChI is InChI=1S/C18H21N3O2S/c1-11(22)21(14-6-7-14)18-20-13(10-24-18)9-19-17-15-5-3-2-4-12(15)8-16(17)23/h2-5,10,14,16-17,19,23H,6-9H2,1H3/t16-,17+/m0/s1. The van der Waals surface area contributed by atoms with E-state index in [4.69, 9.17) is 0 Å². The minimum Gasteiger partial charge on any atom is -0.391 e. The number of carbonyl (C=O) groups is 1. The molecule has 1 saturated carbocycles. The Morgan fingerprint density at radius 2 is 2.21 bits per heavy atom. The number of amides is 1. The molecule has 2 atom stereocenters. The highest BCUT2D eigenvalue weighted by molar-refractivity contribution is 7.14. The molecule has 1 aromatic heterocycles. The molecule has 5 nitrogen and oxygen atoms in total. The van der Waals surface area contributed by atoms with E-state index in [9.17, 15) is 9.90 Å². The molecule has 24 heavy (non-hydrogen) atoms. The predicted octanol–water partition coefficient (Wildman–Crippen LogP) is 2.41. The Kier molecular flexibility index (Phi) is 4.12. The lowest BCUT2D eigenvalue weighted by molar-refractivity contribution is -0.116. The van der Waals surface area contributed by atoms with Crippen molar-refractivity contribution >= 4 is 22.4 Å². The van der Waals surface area contributed by atoms with Gasteiger partial charge < -0.3 is 10.4 Å². The number of rotatable bonds is 5. The van der Waals surface area contributed by atoms with Crippen molar-refractivity contribution in [2.24, 2.45) is 0 Å². The molecule has 126 valence electrons. The van der Waals surface area contributed by atoms with Gasteiger partial charge in [-0.15, -0.1) is 11.3 Å². The van der Waals surface area contributed by atoms with Gasteiger partial charge in [-0.3, -0.25) is 9.69 Å². The quantitative estimate of drug-likeness (QED) is 0.875. The van der Waals surface area contributed by atoms with E-state index in [0.29, 0.717) is 19.0 Å². The number of nitrogens with one attached hydrogen (secondary N) is 1. The van der Waals surface area contributed by atoms with E-state index in [0.717, 1.165) is 23.7 Å². The van der Waals surface area contributed by atoms with Crippen molar-refractivity contribution in [2.45, 2.75) is 50.9 Å². The molecule has 1 aromatic carbocycles. The fourth-order valence-electron chi connectivity index (χ4n) is 3.40. The van der Waals surface area contributed by atoms with Gasteiger partial charge in [0, 0.05) is 31.3 Å². The SMILES string of the molecule is CC(=O)N(c1nc(CN[C@@H]2c3ccccc3C[C@@H]2O)cs1)C1CC1. The van der Waals surface area contributed by atoms with Gasteiger partial charge in [-0.2, -0.15) is 0 Å². The Morgan fingerprint density at radius 1 is 1.42 bits per heavy atom. The van der Waals surface area contributed by atoms with Crippen molar-refractivity contribution in [1.82, 2.24) is 10.3 Å². The summed E-state index contributed by atoms with van der Waals surface area (Å²) in [6.07, 6.45) is 2.42. The van der Waals surface area contributed by atoms with Crippen LogP contribution in [0.25, 0.3) is 0 Å². The molecule has 0 unspecified atom stereocenters. The molecule has 1 heterocycles. The van der Waals surface area contributed by atoms with Gasteiger partial charge >= 0.3 is 0 Å². The van der Waals surface area contributed by atoms with Crippen LogP contribution in [0.3, 0.4) is 0 Å². The maximum Gasteiger partial charge on any atom is 0.225 e. The maximum atomic E-state index is 11.8. The lowest BCUT2D eigenvalue weighted by atomic mass is 10.1. The van der Waals surface area contributed by atoms with Crippen LogP contribution in [0.5, 0.6) is 0 Å². The number of benzene rings is 1. The third-order valence-corrected chi connectivity index (χ3v) is 5.59. The molecule has 1 fully saturated rings. The van der Waals surface area contributed by atoms with E-state index < -0.39 is 6.10 Å². The number of aliphatic hydroxyl groups excluding tert-OH is 1. The average Bonchev–Trinajstić information content (AvgIpc) is 3.17. The van der Waals surface area contributed by atoms with Crippen LogP contribution < -0.4 is 10.2 Å². The van der Waals surface area contributed by atoms with Crippen molar-refractivity contribution in [2.75, 3.05) is 4.90 Å². The summed E-state index contributed by atoms with van der Waals surface area (Å²) in [5.41, 5.74) is 3.29. The first-order valence-corrected chi connectivity index (χ1v) is 9.25. The third-order valence-electron chi connectivity index (χ3n) is 4.70. The highest BCUT2D eigenvalue weighted by Crippen LogP contribution is 2.34. The van der Waals surface area contributed by atoms with E-state index in [1.165, 1.54) is 22.5 Å². The summed E-state index contributed by atoms with van der Waals surface area (Å²) in [6.45, 7) is 2.19. The van der Waals surface area contributed by atoms with Crippen LogP contribution in [0, 0.1) is 0 Å². The Hall–Kier alpha value is -1.76.